The topological polar surface area (TPSA) is 51.6 Å². The normalized spacial score (nSPS) is 16.6. The summed E-state index contributed by atoms with van der Waals surface area (Å²) >= 11 is 5.43. The Morgan fingerprint density at radius 2 is 1.11 bits per heavy atom. The lowest BCUT2D eigenvalue weighted by molar-refractivity contribution is 0.699. The van der Waals surface area contributed by atoms with E-state index in [1.54, 1.807) is 24.4 Å². The van der Waals surface area contributed by atoms with E-state index in [2.05, 4.69) is 19.9 Å². The van der Waals surface area contributed by atoms with Gasteiger partial charge in [-0.25, -0.2) is 19.9 Å². The smallest absolute Gasteiger partial charge is 0.128 e. The fourth-order valence-corrected chi connectivity index (χ4v) is 7.98. The average molecular weight is 411 g/mol. The zero-order valence-corrected chi connectivity index (χ0v) is 17.3. The van der Waals surface area contributed by atoms with Gasteiger partial charge in [-0.05, 0) is 74.3 Å². The molecule has 2 aliphatic rings. The molecule has 0 saturated carbocycles. The van der Waals surface area contributed by atoms with Crippen molar-refractivity contribution in [3.05, 3.63) is 33.5 Å². The molecule has 6 rings (SSSR count). The number of aryl methyl sites for hydroxylation is 4. The number of rotatable bonds is 2. The van der Waals surface area contributed by atoms with Crippen LogP contribution in [0.1, 0.15) is 46.6 Å². The first-order valence-electron chi connectivity index (χ1n) is 9.57. The molecule has 0 aliphatic heterocycles. The lowest BCUT2D eigenvalue weighted by atomic mass is 9.97. The highest BCUT2D eigenvalue weighted by molar-refractivity contribution is 7.99. The van der Waals surface area contributed by atoms with Crippen molar-refractivity contribution < 1.29 is 0 Å². The zero-order chi connectivity index (χ0) is 17.8. The van der Waals surface area contributed by atoms with Crippen LogP contribution in [0.3, 0.4) is 0 Å². The second-order valence-electron chi connectivity index (χ2n) is 7.24. The van der Waals surface area contributed by atoms with Gasteiger partial charge < -0.3 is 0 Å². The van der Waals surface area contributed by atoms with Gasteiger partial charge in [0.1, 0.15) is 32.4 Å². The van der Waals surface area contributed by atoms with Crippen molar-refractivity contribution in [2.45, 2.75) is 61.4 Å². The number of fused-ring (bicyclic) bond motifs is 6. The highest BCUT2D eigenvalue weighted by atomic mass is 32.2. The fraction of sp³-hybridized carbons (Fsp3) is 0.400. The Kier molecular flexibility index (Phi) is 3.94. The first kappa shape index (κ1) is 16.4. The van der Waals surface area contributed by atoms with E-state index in [0.29, 0.717) is 0 Å². The highest BCUT2D eigenvalue weighted by Crippen LogP contribution is 2.44. The van der Waals surface area contributed by atoms with E-state index in [1.807, 2.05) is 22.7 Å². The number of aromatic nitrogens is 4. The molecule has 0 radical (unpaired) electrons. The van der Waals surface area contributed by atoms with Gasteiger partial charge in [-0.15, -0.1) is 22.7 Å². The Labute approximate surface area is 169 Å². The monoisotopic (exact) mass is 410 g/mol. The Morgan fingerprint density at radius 1 is 0.630 bits per heavy atom. The maximum Gasteiger partial charge on any atom is 0.128 e. The average Bonchev–Trinajstić information content (AvgIpc) is 3.27. The Balaban J connectivity index is 1.52. The first-order valence-corrected chi connectivity index (χ1v) is 12.0. The summed E-state index contributed by atoms with van der Waals surface area (Å²) in [6.45, 7) is 0. The second-order valence-corrected chi connectivity index (χ2v) is 10.4. The third-order valence-corrected chi connectivity index (χ3v) is 9.03. The fourth-order valence-electron chi connectivity index (χ4n) is 4.37. The summed E-state index contributed by atoms with van der Waals surface area (Å²) in [5, 5.41) is 4.68. The maximum absolute atomic E-state index is 4.69. The minimum absolute atomic E-state index is 1.06. The van der Waals surface area contributed by atoms with E-state index >= 15 is 0 Å². The van der Waals surface area contributed by atoms with E-state index in [4.69, 9.17) is 0 Å². The van der Waals surface area contributed by atoms with Crippen LogP contribution in [0.25, 0.3) is 20.4 Å². The van der Waals surface area contributed by atoms with Gasteiger partial charge in [0.05, 0.1) is 0 Å². The Morgan fingerprint density at radius 3 is 1.63 bits per heavy atom. The summed E-state index contributed by atoms with van der Waals surface area (Å²) in [5.74, 6) is 0. The largest absolute Gasteiger partial charge is 0.229 e. The molecule has 4 aromatic rings. The SMILES string of the molecule is c1nc(Sc2ncnc3sc4c(c23)CCCC4)c2c3c(sc2n1)CCCC3. The predicted molar refractivity (Wildman–Crippen MR) is 112 cm³/mol. The first-order chi connectivity index (χ1) is 13.4. The zero-order valence-electron chi connectivity index (χ0n) is 14.8. The van der Waals surface area contributed by atoms with E-state index in [1.165, 1.54) is 70.2 Å². The van der Waals surface area contributed by atoms with Crippen LogP contribution in [-0.2, 0) is 25.7 Å². The van der Waals surface area contributed by atoms with E-state index in [0.717, 1.165) is 32.6 Å². The van der Waals surface area contributed by atoms with E-state index < -0.39 is 0 Å². The molecule has 0 spiro atoms. The third kappa shape index (κ3) is 2.62. The van der Waals surface area contributed by atoms with Crippen molar-refractivity contribution in [1.29, 1.82) is 0 Å². The molecule has 2 aliphatic carbocycles. The van der Waals surface area contributed by atoms with Crippen molar-refractivity contribution in [1.82, 2.24) is 19.9 Å². The van der Waals surface area contributed by atoms with Crippen molar-refractivity contribution in [3.63, 3.8) is 0 Å². The van der Waals surface area contributed by atoms with Crippen molar-refractivity contribution in [2.24, 2.45) is 0 Å². The van der Waals surface area contributed by atoms with Gasteiger partial charge in [0.25, 0.3) is 0 Å². The molecule has 4 aromatic heterocycles. The van der Waals surface area contributed by atoms with Crippen molar-refractivity contribution in [3.8, 4) is 0 Å². The van der Waals surface area contributed by atoms with Gasteiger partial charge in [0.2, 0.25) is 0 Å². The van der Waals surface area contributed by atoms with Gasteiger partial charge in [0.15, 0.2) is 0 Å². The summed E-state index contributed by atoms with van der Waals surface area (Å²) in [7, 11) is 0. The summed E-state index contributed by atoms with van der Waals surface area (Å²) in [4.78, 5) is 23.8. The molecule has 136 valence electrons. The van der Waals surface area contributed by atoms with E-state index in [-0.39, 0.29) is 0 Å². The van der Waals surface area contributed by atoms with Gasteiger partial charge in [-0.1, -0.05) is 0 Å². The van der Waals surface area contributed by atoms with Crippen LogP contribution in [0.15, 0.2) is 22.7 Å². The quantitative estimate of drug-likeness (QED) is 0.402. The number of hydrogen-bond acceptors (Lipinski definition) is 7. The van der Waals surface area contributed by atoms with Crippen LogP contribution in [0.5, 0.6) is 0 Å². The van der Waals surface area contributed by atoms with Crippen LogP contribution >= 0.6 is 34.4 Å². The lowest BCUT2D eigenvalue weighted by Gasteiger charge is -2.12. The molecule has 0 unspecified atom stereocenters. The summed E-state index contributed by atoms with van der Waals surface area (Å²) in [6, 6.07) is 0. The molecule has 0 N–H and O–H groups in total. The molecule has 4 heterocycles. The van der Waals surface area contributed by atoms with Crippen molar-refractivity contribution >= 4 is 54.9 Å². The van der Waals surface area contributed by atoms with Crippen LogP contribution in [-0.4, -0.2) is 19.9 Å². The third-order valence-electron chi connectivity index (χ3n) is 5.63. The molecule has 0 amide bonds. The molecule has 4 nitrogen and oxygen atoms in total. The van der Waals surface area contributed by atoms with Crippen molar-refractivity contribution in [2.75, 3.05) is 0 Å². The van der Waals surface area contributed by atoms with Crippen LogP contribution in [0.2, 0.25) is 0 Å². The Hall–Kier alpha value is -1.57. The van der Waals surface area contributed by atoms with Gasteiger partial charge in [-0.2, -0.15) is 0 Å². The van der Waals surface area contributed by atoms with Gasteiger partial charge >= 0.3 is 0 Å². The molecule has 0 aromatic carbocycles. The molecular formula is C20H18N4S3. The summed E-state index contributed by atoms with van der Waals surface area (Å²) in [6.07, 6.45) is 13.3. The second kappa shape index (κ2) is 6.50. The number of thiophene rings is 2. The Bertz CT molecular complexity index is 1090. The molecule has 7 heteroatoms. The van der Waals surface area contributed by atoms with Crippen LogP contribution in [0, 0.1) is 0 Å². The standard InChI is InChI=1S/C20H18N4S3/c1-3-7-13-11(5-1)15-17(25-13)21-9-23-19(15)27-20-16-12-6-2-4-8-14(12)26-18(16)22-10-24-20/h9-10H,1-8H2. The maximum atomic E-state index is 4.69. The molecule has 0 fully saturated rings. The van der Waals surface area contributed by atoms with E-state index in [9.17, 15) is 0 Å². The minimum atomic E-state index is 1.06. The number of hydrogen-bond donors (Lipinski definition) is 0. The highest BCUT2D eigenvalue weighted by Gasteiger charge is 2.23. The van der Waals surface area contributed by atoms with Crippen LogP contribution in [0.4, 0.5) is 0 Å². The van der Waals surface area contributed by atoms with Gasteiger partial charge in [-0.3, -0.25) is 0 Å². The molecule has 0 bridgehead atoms. The molecule has 27 heavy (non-hydrogen) atoms. The summed E-state index contributed by atoms with van der Waals surface area (Å²) in [5.41, 5.74) is 2.98. The molecular weight excluding hydrogens is 392 g/mol. The number of nitrogens with zero attached hydrogens (tertiary/aromatic N) is 4. The van der Waals surface area contributed by atoms with Gasteiger partial charge in [0, 0.05) is 20.5 Å². The lowest BCUT2D eigenvalue weighted by Crippen LogP contribution is -2.00. The molecule has 0 saturated heterocycles. The summed E-state index contributed by atoms with van der Waals surface area (Å²) < 4.78 is 0. The molecule has 0 atom stereocenters. The predicted octanol–water partition coefficient (Wildman–Crippen LogP) is 5.60. The minimum Gasteiger partial charge on any atom is -0.229 e. The van der Waals surface area contributed by atoms with Crippen LogP contribution < -0.4 is 0 Å².